The number of rotatable bonds is 5. The van der Waals surface area contributed by atoms with Crippen LogP contribution in [0.1, 0.15) is 32.8 Å². The second-order valence-corrected chi connectivity index (χ2v) is 10.9. The first kappa shape index (κ1) is 20.6. The maximum atomic E-state index is 5.65. The molecule has 0 spiro atoms. The van der Waals surface area contributed by atoms with Gasteiger partial charge in [0.15, 0.2) is 0 Å². The molecule has 0 unspecified atom stereocenters. The van der Waals surface area contributed by atoms with E-state index in [4.69, 9.17) is 4.74 Å². The fourth-order valence-corrected chi connectivity index (χ4v) is 6.42. The van der Waals surface area contributed by atoms with Gasteiger partial charge < -0.3 is 4.74 Å². The lowest BCUT2D eigenvalue weighted by molar-refractivity contribution is 0.415. The van der Waals surface area contributed by atoms with Crippen molar-refractivity contribution in [2.24, 2.45) is 5.41 Å². The second-order valence-electron chi connectivity index (χ2n) is 8.67. The SMILES string of the molecule is COc1ccc(C2=CC(C(C)(C)C)=CC2)c(P(c2ccccc2)c2ccccc2)c1. The van der Waals surface area contributed by atoms with Crippen LogP contribution in [0.5, 0.6) is 5.75 Å². The van der Waals surface area contributed by atoms with E-state index in [1.54, 1.807) is 7.11 Å². The molecule has 0 saturated heterocycles. The first-order valence-corrected chi connectivity index (χ1v) is 11.8. The highest BCUT2D eigenvalue weighted by Crippen LogP contribution is 2.41. The fraction of sp³-hybridized carbons (Fsp3) is 0.214. The maximum absolute atomic E-state index is 5.65. The van der Waals surface area contributed by atoms with Gasteiger partial charge in [-0.3, -0.25) is 0 Å². The van der Waals surface area contributed by atoms with E-state index in [0.717, 1.165) is 12.2 Å². The third-order valence-electron chi connectivity index (χ3n) is 5.56. The van der Waals surface area contributed by atoms with Crippen LogP contribution in [0.2, 0.25) is 0 Å². The van der Waals surface area contributed by atoms with Crippen LogP contribution in [0.4, 0.5) is 0 Å². The molecule has 0 fully saturated rings. The highest BCUT2D eigenvalue weighted by atomic mass is 31.1. The summed E-state index contributed by atoms with van der Waals surface area (Å²) in [6.45, 7) is 6.86. The Labute approximate surface area is 181 Å². The van der Waals surface area contributed by atoms with Crippen molar-refractivity contribution in [3.05, 3.63) is 102 Å². The Morgan fingerprint density at radius 1 is 0.800 bits per heavy atom. The van der Waals surface area contributed by atoms with Crippen LogP contribution in [0.25, 0.3) is 5.57 Å². The standard InChI is InChI=1S/C28H29OP/c1-28(2,3)22-16-15-21(19-22)26-18-17-23(29-4)20-27(26)30(24-11-7-5-8-12-24)25-13-9-6-10-14-25/h5-14,16-20H,15H2,1-4H3. The van der Waals surface area contributed by atoms with Crippen molar-refractivity contribution in [2.75, 3.05) is 7.11 Å². The predicted octanol–water partition coefficient (Wildman–Crippen LogP) is 6.21. The zero-order chi connectivity index (χ0) is 21.1. The minimum atomic E-state index is -0.691. The van der Waals surface area contributed by atoms with Crippen molar-refractivity contribution < 1.29 is 4.74 Å². The molecule has 0 aromatic heterocycles. The molecule has 0 radical (unpaired) electrons. The Bertz CT molecular complexity index is 1030. The van der Waals surface area contributed by atoms with Crippen LogP contribution in [-0.2, 0) is 0 Å². The van der Waals surface area contributed by atoms with Crippen LogP contribution in [-0.4, -0.2) is 7.11 Å². The van der Waals surface area contributed by atoms with Crippen LogP contribution < -0.4 is 20.7 Å². The van der Waals surface area contributed by atoms with Gasteiger partial charge in [-0.05, 0) is 64.5 Å². The molecule has 2 heteroatoms. The third-order valence-corrected chi connectivity index (χ3v) is 8.04. The molecular formula is C28H29OP. The molecule has 1 aliphatic carbocycles. The number of benzene rings is 3. The summed E-state index contributed by atoms with van der Waals surface area (Å²) in [7, 11) is 1.06. The van der Waals surface area contributed by atoms with E-state index in [-0.39, 0.29) is 5.41 Å². The average Bonchev–Trinajstić information content (AvgIpc) is 3.26. The van der Waals surface area contributed by atoms with Crippen LogP contribution in [0, 0.1) is 5.41 Å². The van der Waals surface area contributed by atoms with Crippen LogP contribution >= 0.6 is 7.92 Å². The topological polar surface area (TPSA) is 9.23 Å². The van der Waals surface area contributed by atoms with Gasteiger partial charge >= 0.3 is 0 Å². The molecule has 0 amide bonds. The van der Waals surface area contributed by atoms with Gasteiger partial charge in [0.2, 0.25) is 0 Å². The van der Waals surface area contributed by atoms with Crippen LogP contribution in [0.15, 0.2) is 96.6 Å². The van der Waals surface area contributed by atoms with Crippen molar-refractivity contribution in [1.29, 1.82) is 0 Å². The molecule has 0 N–H and O–H groups in total. The lowest BCUT2D eigenvalue weighted by Crippen LogP contribution is -2.23. The molecule has 0 saturated carbocycles. The van der Waals surface area contributed by atoms with Gasteiger partial charge in [0.25, 0.3) is 0 Å². The molecule has 0 aliphatic heterocycles. The molecule has 4 rings (SSSR count). The zero-order valence-electron chi connectivity index (χ0n) is 18.2. The van der Waals surface area contributed by atoms with Gasteiger partial charge in [-0.2, -0.15) is 0 Å². The third kappa shape index (κ3) is 4.27. The van der Waals surface area contributed by atoms with Gasteiger partial charge in [-0.15, -0.1) is 0 Å². The fourth-order valence-electron chi connectivity index (χ4n) is 3.91. The zero-order valence-corrected chi connectivity index (χ0v) is 19.1. The maximum Gasteiger partial charge on any atom is 0.119 e. The molecule has 3 aromatic rings. The summed E-state index contributed by atoms with van der Waals surface area (Å²) in [6, 6.07) is 28.4. The predicted molar refractivity (Wildman–Crippen MR) is 132 cm³/mol. The van der Waals surface area contributed by atoms with E-state index < -0.39 is 7.92 Å². The highest BCUT2D eigenvalue weighted by Gasteiger charge is 2.25. The average molecular weight is 413 g/mol. The number of methoxy groups -OCH3 is 1. The van der Waals surface area contributed by atoms with E-state index in [1.807, 2.05) is 0 Å². The summed E-state index contributed by atoms with van der Waals surface area (Å²) in [5, 5.41) is 4.07. The highest BCUT2D eigenvalue weighted by molar-refractivity contribution is 7.80. The Morgan fingerprint density at radius 3 is 1.90 bits per heavy atom. The van der Waals surface area contributed by atoms with Gasteiger partial charge in [-0.1, -0.05) is 99.7 Å². The molecule has 0 bridgehead atoms. The molecule has 1 nitrogen and oxygen atoms in total. The quantitative estimate of drug-likeness (QED) is 0.453. The lowest BCUT2D eigenvalue weighted by atomic mass is 9.87. The summed E-state index contributed by atoms with van der Waals surface area (Å²) in [5.41, 5.74) is 4.32. The van der Waals surface area contributed by atoms with Gasteiger partial charge in [0.1, 0.15) is 5.75 Å². The number of hydrogen-bond donors (Lipinski definition) is 0. The van der Waals surface area contributed by atoms with Crippen molar-refractivity contribution in [2.45, 2.75) is 27.2 Å². The van der Waals surface area contributed by atoms with E-state index in [0.29, 0.717) is 0 Å². The Balaban J connectivity index is 1.89. The Morgan fingerprint density at radius 2 is 1.40 bits per heavy atom. The second kappa shape index (κ2) is 8.62. The summed E-state index contributed by atoms with van der Waals surface area (Å²) in [4.78, 5) is 0. The molecule has 1 aliphatic rings. The minimum absolute atomic E-state index is 0.165. The van der Waals surface area contributed by atoms with Crippen molar-refractivity contribution in [3.8, 4) is 5.75 Å². The molecule has 30 heavy (non-hydrogen) atoms. The van der Waals surface area contributed by atoms with E-state index in [9.17, 15) is 0 Å². The molecule has 152 valence electrons. The molecule has 0 heterocycles. The Kier molecular flexibility index (Phi) is 5.93. The van der Waals surface area contributed by atoms with Crippen LogP contribution in [0.3, 0.4) is 0 Å². The van der Waals surface area contributed by atoms with Gasteiger partial charge in [0, 0.05) is 0 Å². The van der Waals surface area contributed by atoms with E-state index >= 15 is 0 Å². The van der Waals surface area contributed by atoms with E-state index in [1.165, 1.54) is 32.6 Å². The van der Waals surface area contributed by atoms with Gasteiger partial charge in [-0.25, -0.2) is 0 Å². The van der Waals surface area contributed by atoms with E-state index in [2.05, 4.69) is 112 Å². The molecular weight excluding hydrogens is 383 g/mol. The molecule has 0 atom stereocenters. The van der Waals surface area contributed by atoms with Crippen molar-refractivity contribution >= 4 is 29.4 Å². The first-order chi connectivity index (χ1) is 14.5. The van der Waals surface area contributed by atoms with Gasteiger partial charge in [0.05, 0.1) is 7.11 Å². The number of ether oxygens (including phenoxy) is 1. The minimum Gasteiger partial charge on any atom is -0.497 e. The van der Waals surface area contributed by atoms with Crippen molar-refractivity contribution in [3.63, 3.8) is 0 Å². The largest absolute Gasteiger partial charge is 0.497 e. The lowest BCUT2D eigenvalue weighted by Gasteiger charge is -2.24. The Hall–Kier alpha value is -2.63. The number of allylic oxidation sites excluding steroid dienone is 4. The summed E-state index contributed by atoms with van der Waals surface area (Å²) < 4.78 is 5.65. The summed E-state index contributed by atoms with van der Waals surface area (Å²) in [5.74, 6) is 0.913. The smallest absolute Gasteiger partial charge is 0.119 e. The normalized spacial score (nSPS) is 13.9. The number of hydrogen-bond acceptors (Lipinski definition) is 1. The van der Waals surface area contributed by atoms with Crippen molar-refractivity contribution in [1.82, 2.24) is 0 Å². The monoisotopic (exact) mass is 412 g/mol. The first-order valence-electron chi connectivity index (χ1n) is 10.5. The summed E-state index contributed by atoms with van der Waals surface area (Å²) in [6.07, 6.45) is 5.77. The molecule has 3 aromatic carbocycles. The summed E-state index contributed by atoms with van der Waals surface area (Å²) >= 11 is 0.